The number of nitrogens with one attached hydrogen (secondary N) is 1. The van der Waals surface area contributed by atoms with Crippen LogP contribution in [0.15, 0.2) is 68.7 Å². The number of nitrogens with zero attached hydrogens (tertiary/aromatic N) is 3. The number of allylic oxidation sites excluding steroid dienone is 1. The van der Waals surface area contributed by atoms with E-state index in [0.29, 0.717) is 34.2 Å². The first-order chi connectivity index (χ1) is 16.0. The SMILES string of the molecule is COc1ccc(C2NC(=O)N(Cc3ccco3)C(C)=C2c2nc(-c3cccs3)no2)cc1O. The molecular formula is C23H20N4O5S. The molecule has 1 unspecified atom stereocenters. The van der Waals surface area contributed by atoms with Crippen molar-refractivity contribution in [3.8, 4) is 22.2 Å². The van der Waals surface area contributed by atoms with Gasteiger partial charge in [-0.25, -0.2) is 4.79 Å². The van der Waals surface area contributed by atoms with E-state index < -0.39 is 6.04 Å². The third-order valence-corrected chi connectivity index (χ3v) is 6.29. The molecule has 0 bridgehead atoms. The van der Waals surface area contributed by atoms with Crippen molar-refractivity contribution in [3.05, 3.63) is 77.0 Å². The van der Waals surface area contributed by atoms with Gasteiger partial charge in [-0.15, -0.1) is 11.3 Å². The van der Waals surface area contributed by atoms with E-state index in [1.165, 1.54) is 18.4 Å². The first-order valence-corrected chi connectivity index (χ1v) is 11.0. The second-order valence-corrected chi connectivity index (χ2v) is 8.33. The number of rotatable bonds is 6. The summed E-state index contributed by atoms with van der Waals surface area (Å²) >= 11 is 1.50. The number of aromatic hydroxyl groups is 1. The van der Waals surface area contributed by atoms with E-state index in [1.807, 2.05) is 24.4 Å². The molecule has 9 nitrogen and oxygen atoms in total. The Hall–Kier alpha value is -4.05. The van der Waals surface area contributed by atoms with Gasteiger partial charge in [-0.1, -0.05) is 17.3 Å². The van der Waals surface area contributed by atoms with Crippen LogP contribution in [0.3, 0.4) is 0 Å². The van der Waals surface area contributed by atoms with E-state index in [-0.39, 0.29) is 24.2 Å². The summed E-state index contributed by atoms with van der Waals surface area (Å²) in [6, 6.07) is 11.4. The number of thiophene rings is 1. The number of benzene rings is 1. The Bertz CT molecular complexity index is 1310. The van der Waals surface area contributed by atoms with Crippen molar-refractivity contribution in [1.82, 2.24) is 20.4 Å². The van der Waals surface area contributed by atoms with Crippen LogP contribution in [0.2, 0.25) is 0 Å². The largest absolute Gasteiger partial charge is 0.504 e. The fourth-order valence-corrected chi connectivity index (χ4v) is 4.43. The van der Waals surface area contributed by atoms with Gasteiger partial charge in [0.05, 0.1) is 36.4 Å². The normalized spacial score (nSPS) is 16.2. The van der Waals surface area contributed by atoms with Crippen LogP contribution < -0.4 is 10.1 Å². The maximum absolute atomic E-state index is 13.1. The smallest absolute Gasteiger partial charge is 0.322 e. The Morgan fingerprint density at radius 1 is 1.27 bits per heavy atom. The third-order valence-electron chi connectivity index (χ3n) is 5.42. The Balaban J connectivity index is 1.61. The molecule has 10 heteroatoms. The molecule has 1 aromatic carbocycles. The molecule has 0 spiro atoms. The molecule has 4 aromatic rings. The molecule has 0 aliphatic carbocycles. The average molecular weight is 465 g/mol. The summed E-state index contributed by atoms with van der Waals surface area (Å²) in [5, 5.41) is 19.4. The van der Waals surface area contributed by atoms with Gasteiger partial charge in [0.2, 0.25) is 5.82 Å². The zero-order valence-corrected chi connectivity index (χ0v) is 18.6. The number of amides is 2. The Kier molecular flexibility index (Phi) is 5.35. The minimum atomic E-state index is -0.626. The van der Waals surface area contributed by atoms with Crippen molar-refractivity contribution in [2.75, 3.05) is 7.11 Å². The van der Waals surface area contributed by atoms with Crippen molar-refractivity contribution in [2.24, 2.45) is 0 Å². The number of phenols is 1. The second-order valence-electron chi connectivity index (χ2n) is 7.38. The standard InChI is InChI=1S/C23H20N4O5S/c1-13-19(22-25-21(26-32-22)18-6-4-10-33-18)20(14-7-8-17(30-2)16(28)11-14)24-23(29)27(13)12-15-5-3-9-31-15/h3-11,20,28H,12H2,1-2H3,(H,24,29). The molecule has 3 aromatic heterocycles. The zero-order chi connectivity index (χ0) is 22.9. The molecule has 168 valence electrons. The number of urea groups is 1. The molecule has 1 aliphatic heterocycles. The lowest BCUT2D eigenvalue weighted by Crippen LogP contribution is -2.45. The highest BCUT2D eigenvalue weighted by atomic mass is 32.1. The average Bonchev–Trinajstić information content (AvgIpc) is 3.58. The molecule has 5 rings (SSSR count). The third kappa shape index (κ3) is 3.85. The summed E-state index contributed by atoms with van der Waals surface area (Å²) in [5.74, 6) is 1.67. The van der Waals surface area contributed by atoms with Crippen LogP contribution in [0.1, 0.15) is 30.2 Å². The van der Waals surface area contributed by atoms with Gasteiger partial charge in [0, 0.05) is 5.70 Å². The Labute approximate surface area is 192 Å². The first-order valence-electron chi connectivity index (χ1n) is 10.1. The summed E-state index contributed by atoms with van der Waals surface area (Å²) in [5.41, 5.74) is 1.90. The highest BCUT2D eigenvalue weighted by Gasteiger charge is 2.36. The molecule has 0 fully saturated rings. The highest BCUT2D eigenvalue weighted by molar-refractivity contribution is 7.13. The van der Waals surface area contributed by atoms with Crippen LogP contribution in [-0.2, 0) is 6.54 Å². The Morgan fingerprint density at radius 2 is 2.15 bits per heavy atom. The number of hydrogen-bond acceptors (Lipinski definition) is 8. The number of methoxy groups -OCH3 is 1. The predicted octanol–water partition coefficient (Wildman–Crippen LogP) is 4.80. The van der Waals surface area contributed by atoms with Crippen LogP contribution in [-0.4, -0.2) is 33.3 Å². The molecule has 1 aliphatic rings. The molecule has 4 heterocycles. The quantitative estimate of drug-likeness (QED) is 0.421. The molecule has 1 atom stereocenters. The molecular weight excluding hydrogens is 444 g/mol. The van der Waals surface area contributed by atoms with Crippen LogP contribution in [0.25, 0.3) is 16.3 Å². The van der Waals surface area contributed by atoms with Gasteiger partial charge in [0.25, 0.3) is 5.89 Å². The summed E-state index contributed by atoms with van der Waals surface area (Å²) in [6.07, 6.45) is 1.56. The molecule has 0 saturated carbocycles. The summed E-state index contributed by atoms with van der Waals surface area (Å²) in [7, 11) is 1.48. The maximum Gasteiger partial charge on any atom is 0.322 e. The van der Waals surface area contributed by atoms with Gasteiger partial charge >= 0.3 is 6.03 Å². The lowest BCUT2D eigenvalue weighted by Gasteiger charge is -2.34. The number of phenolic OH excluding ortho intramolecular Hbond substituents is 1. The van der Waals surface area contributed by atoms with Crippen molar-refractivity contribution in [2.45, 2.75) is 19.5 Å². The fraction of sp³-hybridized carbons (Fsp3) is 0.174. The van der Waals surface area contributed by atoms with Crippen molar-refractivity contribution in [3.63, 3.8) is 0 Å². The molecule has 2 amide bonds. The number of aromatic nitrogens is 2. The van der Waals surface area contributed by atoms with E-state index >= 15 is 0 Å². The number of carbonyl (C=O) groups excluding carboxylic acids is 1. The topological polar surface area (TPSA) is 114 Å². The van der Waals surface area contributed by atoms with E-state index in [4.69, 9.17) is 13.7 Å². The van der Waals surface area contributed by atoms with Gasteiger partial charge in [-0.2, -0.15) is 4.98 Å². The van der Waals surface area contributed by atoms with Crippen LogP contribution in [0, 0.1) is 0 Å². The van der Waals surface area contributed by atoms with Crippen LogP contribution >= 0.6 is 11.3 Å². The van der Waals surface area contributed by atoms with E-state index in [9.17, 15) is 9.90 Å². The highest BCUT2D eigenvalue weighted by Crippen LogP contribution is 2.40. The van der Waals surface area contributed by atoms with E-state index in [2.05, 4.69) is 15.5 Å². The number of ether oxygens (including phenoxy) is 1. The van der Waals surface area contributed by atoms with E-state index in [1.54, 1.807) is 41.5 Å². The molecule has 2 N–H and O–H groups in total. The van der Waals surface area contributed by atoms with Crippen molar-refractivity contribution in [1.29, 1.82) is 0 Å². The minimum absolute atomic E-state index is 0.0379. The molecule has 0 radical (unpaired) electrons. The number of furan rings is 1. The Morgan fingerprint density at radius 3 is 2.85 bits per heavy atom. The summed E-state index contributed by atoms with van der Waals surface area (Å²) < 4.78 is 16.2. The number of carbonyl (C=O) groups is 1. The molecule has 33 heavy (non-hydrogen) atoms. The lowest BCUT2D eigenvalue weighted by atomic mass is 9.94. The van der Waals surface area contributed by atoms with Crippen molar-refractivity contribution < 1.29 is 23.6 Å². The van der Waals surface area contributed by atoms with Crippen LogP contribution in [0.5, 0.6) is 11.5 Å². The fourth-order valence-electron chi connectivity index (χ4n) is 3.78. The molecule has 0 saturated heterocycles. The van der Waals surface area contributed by atoms with Gasteiger partial charge in [0.15, 0.2) is 11.5 Å². The van der Waals surface area contributed by atoms with Gasteiger partial charge < -0.3 is 24.1 Å². The zero-order valence-electron chi connectivity index (χ0n) is 17.8. The van der Waals surface area contributed by atoms with Crippen LogP contribution in [0.4, 0.5) is 4.79 Å². The van der Waals surface area contributed by atoms with Gasteiger partial charge in [-0.05, 0) is 48.2 Å². The second kappa shape index (κ2) is 8.47. The summed E-state index contributed by atoms with van der Waals surface area (Å²) in [6.45, 7) is 2.06. The van der Waals surface area contributed by atoms with Crippen molar-refractivity contribution >= 4 is 22.9 Å². The number of hydrogen-bond donors (Lipinski definition) is 2. The lowest BCUT2D eigenvalue weighted by molar-refractivity contribution is 0.199. The minimum Gasteiger partial charge on any atom is -0.504 e. The van der Waals surface area contributed by atoms with Gasteiger partial charge in [0.1, 0.15) is 5.76 Å². The predicted molar refractivity (Wildman–Crippen MR) is 120 cm³/mol. The maximum atomic E-state index is 13.1. The first kappa shape index (κ1) is 20.8. The van der Waals surface area contributed by atoms with Gasteiger partial charge in [-0.3, -0.25) is 4.90 Å². The summed E-state index contributed by atoms with van der Waals surface area (Å²) in [4.78, 5) is 20.1. The monoisotopic (exact) mass is 464 g/mol. The van der Waals surface area contributed by atoms with E-state index in [0.717, 1.165) is 4.88 Å².